The second-order valence-electron chi connectivity index (χ2n) is 7.23. The molecule has 0 saturated carbocycles. The van der Waals surface area contributed by atoms with E-state index in [2.05, 4.69) is 6.58 Å². The Hall–Kier alpha value is -2.55. The van der Waals surface area contributed by atoms with Crippen molar-refractivity contribution in [1.82, 2.24) is 9.80 Å². The minimum atomic E-state index is -1.42. The van der Waals surface area contributed by atoms with Gasteiger partial charge in [-0.05, 0) is 31.0 Å². The lowest BCUT2D eigenvalue weighted by Gasteiger charge is -2.31. The third-order valence-electron chi connectivity index (χ3n) is 5.15. The van der Waals surface area contributed by atoms with Crippen molar-refractivity contribution < 1.29 is 19.1 Å². The van der Waals surface area contributed by atoms with Gasteiger partial charge in [-0.3, -0.25) is 9.59 Å². The predicted octanol–water partition coefficient (Wildman–Crippen LogP) is 1.97. The molecule has 2 aromatic rings. The number of thioether (sulfide) groups is 1. The number of carbonyl (C=O) groups excluding carboxylic acids is 2. The summed E-state index contributed by atoms with van der Waals surface area (Å²) in [5.74, 6) is 0.0576. The van der Waals surface area contributed by atoms with Gasteiger partial charge in [0.25, 0.3) is 11.8 Å². The Kier molecular flexibility index (Phi) is 7.36. The predicted molar refractivity (Wildman–Crippen MR) is 116 cm³/mol. The van der Waals surface area contributed by atoms with Gasteiger partial charge in [0.1, 0.15) is 17.9 Å². The summed E-state index contributed by atoms with van der Waals surface area (Å²) in [6.07, 6.45) is 1.92. The summed E-state index contributed by atoms with van der Waals surface area (Å²) < 4.78 is 5.38. The third kappa shape index (κ3) is 4.95. The van der Waals surface area contributed by atoms with E-state index >= 15 is 0 Å². The average Bonchev–Trinajstić information content (AvgIpc) is 3.23. The fraction of sp³-hybridized carbons (Fsp3) is 0.364. The maximum atomic E-state index is 13.2. The normalized spacial score (nSPS) is 21.8. The van der Waals surface area contributed by atoms with Crippen molar-refractivity contribution in [2.75, 3.05) is 5.88 Å². The molecule has 2 heterocycles. The molecule has 30 heavy (non-hydrogen) atoms. The van der Waals surface area contributed by atoms with Gasteiger partial charge in [0, 0.05) is 6.04 Å². The van der Waals surface area contributed by atoms with Crippen LogP contribution >= 0.6 is 11.8 Å². The molecule has 3 N–H and O–H groups in total. The molecule has 1 aromatic carbocycles. The summed E-state index contributed by atoms with van der Waals surface area (Å²) in [5, 5.41) is 10.4. The van der Waals surface area contributed by atoms with Crippen LogP contribution in [0.25, 0.3) is 0 Å². The Morgan fingerprint density at radius 3 is 2.73 bits per heavy atom. The summed E-state index contributed by atoms with van der Waals surface area (Å²) in [7, 11) is 0. The molecule has 1 aliphatic rings. The fourth-order valence-electron chi connectivity index (χ4n) is 3.40. The number of aliphatic hydroxyl groups excluding tert-OH is 1. The summed E-state index contributed by atoms with van der Waals surface area (Å²) in [6, 6.07) is 11.3. The molecule has 3 rings (SSSR count). The lowest BCUT2D eigenvalue weighted by Crippen LogP contribution is -2.54. The maximum Gasteiger partial charge on any atom is 0.254 e. The topological polar surface area (TPSA) is 100 Å². The Morgan fingerprint density at radius 2 is 2.10 bits per heavy atom. The first kappa shape index (κ1) is 22.1. The highest BCUT2D eigenvalue weighted by atomic mass is 32.2. The van der Waals surface area contributed by atoms with Gasteiger partial charge in [0.05, 0.1) is 24.1 Å². The number of furan rings is 1. The zero-order chi connectivity index (χ0) is 21.7. The van der Waals surface area contributed by atoms with Crippen molar-refractivity contribution in [2.45, 2.75) is 43.5 Å². The number of amides is 2. The molecule has 1 saturated heterocycles. The van der Waals surface area contributed by atoms with Gasteiger partial charge in [-0.1, -0.05) is 36.4 Å². The quantitative estimate of drug-likeness (QED) is 0.653. The number of benzene rings is 1. The molecule has 1 fully saturated rings. The summed E-state index contributed by atoms with van der Waals surface area (Å²) in [5.41, 5.74) is 7.05. The first-order valence-corrected chi connectivity index (χ1v) is 10.8. The van der Waals surface area contributed by atoms with E-state index in [0.29, 0.717) is 18.7 Å². The summed E-state index contributed by atoms with van der Waals surface area (Å²) >= 11 is 1.43. The van der Waals surface area contributed by atoms with Crippen LogP contribution in [-0.2, 0) is 22.6 Å². The number of nitrogens with zero attached hydrogens (tertiary/aromatic N) is 2. The van der Waals surface area contributed by atoms with E-state index in [-0.39, 0.29) is 17.2 Å². The second kappa shape index (κ2) is 9.97. The van der Waals surface area contributed by atoms with Gasteiger partial charge in [-0.25, -0.2) is 0 Å². The van der Waals surface area contributed by atoms with E-state index < -0.39 is 24.1 Å². The maximum absolute atomic E-state index is 13.2. The number of nitrogens with two attached hydrogens (primary N) is 1. The zero-order valence-corrected chi connectivity index (χ0v) is 17.7. The van der Waals surface area contributed by atoms with E-state index in [1.54, 1.807) is 23.3 Å². The molecule has 0 aliphatic carbocycles. The Bertz CT molecular complexity index is 859. The van der Waals surface area contributed by atoms with Crippen molar-refractivity contribution in [3.8, 4) is 0 Å². The Balaban J connectivity index is 1.74. The molecule has 0 spiro atoms. The number of hydrogen-bond acceptors (Lipinski definition) is 6. The first-order chi connectivity index (χ1) is 14.4. The Labute approximate surface area is 180 Å². The molecule has 4 atom stereocenters. The molecule has 1 aliphatic heterocycles. The molecule has 1 aromatic heterocycles. The van der Waals surface area contributed by atoms with Crippen LogP contribution in [0.2, 0.25) is 0 Å². The first-order valence-electron chi connectivity index (χ1n) is 9.77. The Morgan fingerprint density at radius 1 is 1.37 bits per heavy atom. The van der Waals surface area contributed by atoms with Gasteiger partial charge in [0.15, 0.2) is 0 Å². The number of aliphatic hydroxyl groups is 1. The van der Waals surface area contributed by atoms with Crippen LogP contribution in [0.3, 0.4) is 0 Å². The van der Waals surface area contributed by atoms with Gasteiger partial charge in [-0.2, -0.15) is 0 Å². The second-order valence-corrected chi connectivity index (χ2v) is 8.50. The van der Waals surface area contributed by atoms with Crippen molar-refractivity contribution >= 4 is 23.6 Å². The number of hydrogen-bond donors (Lipinski definition) is 2. The third-order valence-corrected chi connectivity index (χ3v) is 6.32. The van der Waals surface area contributed by atoms with E-state index in [1.807, 2.05) is 37.3 Å². The molecule has 7 nitrogen and oxygen atoms in total. The van der Waals surface area contributed by atoms with Crippen LogP contribution < -0.4 is 5.73 Å². The summed E-state index contributed by atoms with van der Waals surface area (Å²) in [4.78, 5) is 29.3. The van der Waals surface area contributed by atoms with Crippen molar-refractivity contribution in [1.29, 1.82) is 0 Å². The highest BCUT2D eigenvalue weighted by Gasteiger charge is 2.40. The van der Waals surface area contributed by atoms with Crippen molar-refractivity contribution in [3.05, 3.63) is 72.7 Å². The fourth-order valence-corrected chi connectivity index (χ4v) is 4.42. The van der Waals surface area contributed by atoms with Gasteiger partial charge in [-0.15, -0.1) is 18.3 Å². The molecule has 0 radical (unpaired) electrons. The van der Waals surface area contributed by atoms with Crippen LogP contribution in [0.5, 0.6) is 0 Å². The minimum Gasteiger partial charge on any atom is -0.467 e. The highest BCUT2D eigenvalue weighted by Crippen LogP contribution is 2.27. The largest absolute Gasteiger partial charge is 0.467 e. The van der Waals surface area contributed by atoms with Crippen LogP contribution in [0, 0.1) is 0 Å². The zero-order valence-electron chi connectivity index (χ0n) is 16.9. The van der Waals surface area contributed by atoms with E-state index in [0.717, 1.165) is 5.56 Å². The van der Waals surface area contributed by atoms with Gasteiger partial charge < -0.3 is 25.1 Å². The number of rotatable bonds is 7. The average molecular weight is 430 g/mol. The van der Waals surface area contributed by atoms with E-state index in [4.69, 9.17) is 10.2 Å². The number of carbonyl (C=O) groups is 2. The highest BCUT2D eigenvalue weighted by molar-refractivity contribution is 7.99. The van der Waals surface area contributed by atoms with Crippen LogP contribution in [0.1, 0.15) is 18.2 Å². The minimum absolute atomic E-state index is 0.182. The van der Waals surface area contributed by atoms with Crippen molar-refractivity contribution in [3.63, 3.8) is 0 Å². The van der Waals surface area contributed by atoms with Crippen molar-refractivity contribution in [2.24, 2.45) is 5.73 Å². The van der Waals surface area contributed by atoms with E-state index in [1.165, 1.54) is 22.7 Å². The lowest BCUT2D eigenvalue weighted by molar-refractivity contribution is -0.148. The molecule has 0 bridgehead atoms. The summed E-state index contributed by atoms with van der Waals surface area (Å²) in [6.45, 7) is 5.94. The lowest BCUT2D eigenvalue weighted by atomic mass is 10.0. The van der Waals surface area contributed by atoms with Gasteiger partial charge in [0.2, 0.25) is 0 Å². The molecule has 2 unspecified atom stereocenters. The monoisotopic (exact) mass is 429 g/mol. The SMILES string of the molecule is C=C[C@H]1C(=O)N(Cc2ccco2)C(C)SCN1C(=O)[C@@H](O)C(N)Cc1ccccc1. The standard InChI is InChI=1S/C22H27N3O4S/c1-3-19-21(27)24(13-17-10-7-11-29-17)15(2)30-14-25(19)22(28)20(26)18(23)12-16-8-5-4-6-9-16/h3-11,15,18-20,26H,1,12-14,23H2,2H3/t15?,18?,19-,20-/m0/s1. The van der Waals surface area contributed by atoms with Crippen LogP contribution in [0.4, 0.5) is 0 Å². The molecule has 160 valence electrons. The van der Waals surface area contributed by atoms with E-state index in [9.17, 15) is 14.7 Å². The molecular weight excluding hydrogens is 402 g/mol. The molecular formula is C22H27N3O4S. The molecule has 8 heteroatoms. The van der Waals surface area contributed by atoms with Gasteiger partial charge >= 0.3 is 0 Å². The molecule has 2 amide bonds. The van der Waals surface area contributed by atoms with Crippen LogP contribution in [-0.4, -0.2) is 56.2 Å². The van der Waals surface area contributed by atoms with Crippen LogP contribution in [0.15, 0.2) is 65.8 Å². The smallest absolute Gasteiger partial charge is 0.254 e.